The van der Waals surface area contributed by atoms with Gasteiger partial charge in [0.1, 0.15) is 5.82 Å². The van der Waals surface area contributed by atoms with Crippen LogP contribution in [0.3, 0.4) is 0 Å². The molecule has 4 rings (SSSR count). The summed E-state index contributed by atoms with van der Waals surface area (Å²) in [7, 11) is -3.11. The molecule has 1 amide bonds. The molecule has 3 heterocycles. The number of carbonyl (C=O) groups excluding carboxylic acids is 1. The number of nitrogens with one attached hydrogen (secondary N) is 1. The first-order chi connectivity index (χ1) is 13.7. The fraction of sp³-hybridized carbons (Fsp3) is 0.300. The average Bonchev–Trinajstić information content (AvgIpc) is 3.34. The van der Waals surface area contributed by atoms with E-state index in [2.05, 4.69) is 10.3 Å². The van der Waals surface area contributed by atoms with Crippen LogP contribution in [0.15, 0.2) is 35.7 Å². The summed E-state index contributed by atoms with van der Waals surface area (Å²) in [5, 5.41) is 5.05. The van der Waals surface area contributed by atoms with Gasteiger partial charge in [-0.2, -0.15) is 0 Å². The Labute approximate surface area is 172 Å². The zero-order valence-electron chi connectivity index (χ0n) is 16.0. The fourth-order valence-corrected chi connectivity index (χ4v) is 6.13. The zero-order chi connectivity index (χ0) is 20.8. The molecule has 6 nitrogen and oxygen atoms in total. The van der Waals surface area contributed by atoms with Crippen molar-refractivity contribution in [2.45, 2.75) is 20.3 Å². The van der Waals surface area contributed by atoms with E-state index in [0.29, 0.717) is 11.6 Å². The number of carbonyl (C=O) groups is 1. The Bertz CT molecular complexity index is 1180. The summed E-state index contributed by atoms with van der Waals surface area (Å²) in [4.78, 5) is 16.9. The lowest BCUT2D eigenvalue weighted by atomic mass is 10.1. The molecule has 1 atom stereocenters. The third-order valence-corrected chi connectivity index (χ3v) is 7.66. The Hall–Kier alpha value is -2.52. The van der Waals surface area contributed by atoms with Gasteiger partial charge in [-0.25, -0.2) is 17.8 Å². The van der Waals surface area contributed by atoms with E-state index in [1.54, 1.807) is 12.1 Å². The second-order valence-corrected chi connectivity index (χ2v) is 10.3. The van der Waals surface area contributed by atoms with Crippen molar-refractivity contribution >= 4 is 32.2 Å². The van der Waals surface area contributed by atoms with Gasteiger partial charge in [-0.1, -0.05) is 0 Å². The molecule has 9 heteroatoms. The summed E-state index contributed by atoms with van der Waals surface area (Å²) >= 11 is 1.30. The van der Waals surface area contributed by atoms with E-state index < -0.39 is 15.8 Å². The van der Waals surface area contributed by atoms with Crippen LogP contribution in [-0.4, -0.2) is 35.4 Å². The van der Waals surface area contributed by atoms with Gasteiger partial charge in [-0.3, -0.25) is 4.79 Å². The Morgan fingerprint density at radius 1 is 1.28 bits per heavy atom. The number of anilines is 1. The molecule has 1 unspecified atom stereocenters. The number of aromatic nitrogens is 2. The van der Waals surface area contributed by atoms with E-state index in [1.807, 2.05) is 29.9 Å². The predicted octanol–water partition coefficient (Wildman–Crippen LogP) is 3.73. The highest BCUT2D eigenvalue weighted by Gasteiger charge is 2.33. The number of sulfone groups is 1. The van der Waals surface area contributed by atoms with Crippen LogP contribution in [0.5, 0.6) is 0 Å². The van der Waals surface area contributed by atoms with E-state index in [4.69, 9.17) is 0 Å². The first kappa shape index (κ1) is 19.8. The number of halogens is 1. The van der Waals surface area contributed by atoms with Gasteiger partial charge in [-0.15, -0.1) is 11.3 Å². The number of benzene rings is 1. The molecule has 2 aromatic heterocycles. The summed E-state index contributed by atoms with van der Waals surface area (Å²) in [5.41, 5.74) is 4.45. The molecule has 0 spiro atoms. The molecule has 1 aliphatic heterocycles. The van der Waals surface area contributed by atoms with Gasteiger partial charge in [0.15, 0.2) is 15.0 Å². The van der Waals surface area contributed by atoms with Crippen LogP contribution in [0.1, 0.15) is 17.8 Å². The van der Waals surface area contributed by atoms with E-state index in [-0.39, 0.29) is 23.2 Å². The van der Waals surface area contributed by atoms with Gasteiger partial charge in [0.2, 0.25) is 5.91 Å². The minimum Gasteiger partial charge on any atom is -0.318 e. The third-order valence-electron chi connectivity index (χ3n) is 5.13. The lowest BCUT2D eigenvalue weighted by Crippen LogP contribution is -2.23. The van der Waals surface area contributed by atoms with Crippen LogP contribution in [0.4, 0.5) is 9.52 Å². The van der Waals surface area contributed by atoms with Gasteiger partial charge < -0.3 is 9.88 Å². The topological polar surface area (TPSA) is 81.1 Å². The number of rotatable bonds is 4. The van der Waals surface area contributed by atoms with E-state index in [1.165, 1.54) is 23.5 Å². The molecule has 0 saturated carbocycles. The molecule has 152 valence electrons. The molecule has 1 saturated heterocycles. The summed E-state index contributed by atoms with van der Waals surface area (Å²) < 4.78 is 38.4. The summed E-state index contributed by atoms with van der Waals surface area (Å²) in [6.45, 7) is 3.93. The maximum Gasteiger partial charge on any atom is 0.230 e. The minimum atomic E-state index is -3.11. The Balaban J connectivity index is 1.56. The molecular weight excluding hydrogens is 413 g/mol. The van der Waals surface area contributed by atoms with Crippen LogP contribution >= 0.6 is 11.3 Å². The quantitative estimate of drug-likeness (QED) is 0.680. The Morgan fingerprint density at radius 3 is 2.66 bits per heavy atom. The van der Waals surface area contributed by atoms with Crippen LogP contribution in [-0.2, 0) is 14.6 Å². The van der Waals surface area contributed by atoms with E-state index in [0.717, 1.165) is 28.3 Å². The Morgan fingerprint density at radius 2 is 2.00 bits per heavy atom. The molecule has 0 radical (unpaired) electrons. The van der Waals surface area contributed by atoms with Crippen LogP contribution in [0, 0.1) is 25.6 Å². The molecule has 0 bridgehead atoms. The normalized spacial score (nSPS) is 18.1. The first-order valence-electron chi connectivity index (χ1n) is 9.15. The van der Waals surface area contributed by atoms with Crippen LogP contribution < -0.4 is 5.32 Å². The summed E-state index contributed by atoms with van der Waals surface area (Å²) in [5.74, 6) is -1.15. The predicted molar refractivity (Wildman–Crippen MR) is 112 cm³/mol. The van der Waals surface area contributed by atoms with E-state index >= 15 is 0 Å². The first-order valence-corrected chi connectivity index (χ1v) is 11.9. The van der Waals surface area contributed by atoms with Crippen molar-refractivity contribution in [1.29, 1.82) is 0 Å². The number of hydrogen-bond acceptors (Lipinski definition) is 5. The van der Waals surface area contributed by atoms with Crippen molar-refractivity contribution in [1.82, 2.24) is 9.55 Å². The number of nitrogens with zero attached hydrogens (tertiary/aromatic N) is 2. The van der Waals surface area contributed by atoms with Crippen molar-refractivity contribution in [2.24, 2.45) is 5.92 Å². The minimum absolute atomic E-state index is 0.0591. The maximum atomic E-state index is 13.2. The lowest BCUT2D eigenvalue weighted by Gasteiger charge is -2.09. The zero-order valence-corrected chi connectivity index (χ0v) is 17.6. The van der Waals surface area contributed by atoms with Gasteiger partial charge in [0, 0.05) is 28.0 Å². The largest absolute Gasteiger partial charge is 0.318 e. The third kappa shape index (κ3) is 3.97. The molecule has 3 aromatic rings. The molecule has 0 aliphatic carbocycles. The number of thiazole rings is 1. The van der Waals surface area contributed by atoms with Crippen molar-refractivity contribution in [2.75, 3.05) is 16.8 Å². The van der Waals surface area contributed by atoms with Crippen molar-refractivity contribution < 1.29 is 17.6 Å². The van der Waals surface area contributed by atoms with Gasteiger partial charge in [0.05, 0.1) is 23.1 Å². The standard InChI is InChI=1S/C20H20FN3O3S2/c1-12-9-17(13(2)24(12)16-5-3-15(21)4-6-16)18-10-28-20(22-18)23-19(25)14-7-8-29(26,27)11-14/h3-6,9-10,14H,7-8,11H2,1-2H3,(H,22,23,25). The average molecular weight is 434 g/mol. The molecular formula is C20H20FN3O3S2. The van der Waals surface area contributed by atoms with Crippen molar-refractivity contribution in [3.8, 4) is 16.9 Å². The summed E-state index contributed by atoms with van der Waals surface area (Å²) in [6.07, 6.45) is 0.352. The van der Waals surface area contributed by atoms with Gasteiger partial charge in [-0.05, 0) is 50.6 Å². The number of hydrogen-bond donors (Lipinski definition) is 1. The molecule has 1 fully saturated rings. The Kier molecular flexibility index (Phi) is 5.04. The second-order valence-electron chi connectivity index (χ2n) is 7.22. The second kappa shape index (κ2) is 7.38. The highest BCUT2D eigenvalue weighted by Crippen LogP contribution is 2.32. The fourth-order valence-electron chi connectivity index (χ4n) is 3.67. The highest BCUT2D eigenvalue weighted by molar-refractivity contribution is 7.91. The van der Waals surface area contributed by atoms with Gasteiger partial charge in [0.25, 0.3) is 0 Å². The lowest BCUT2D eigenvalue weighted by molar-refractivity contribution is -0.119. The summed E-state index contributed by atoms with van der Waals surface area (Å²) in [6, 6.07) is 8.30. The molecule has 1 N–H and O–H groups in total. The molecule has 29 heavy (non-hydrogen) atoms. The SMILES string of the molecule is Cc1cc(-c2csc(NC(=O)C3CCS(=O)(=O)C3)n2)c(C)n1-c1ccc(F)cc1. The van der Waals surface area contributed by atoms with Crippen molar-refractivity contribution in [3.63, 3.8) is 0 Å². The van der Waals surface area contributed by atoms with E-state index in [9.17, 15) is 17.6 Å². The molecule has 1 aliphatic rings. The maximum absolute atomic E-state index is 13.2. The van der Waals surface area contributed by atoms with Crippen molar-refractivity contribution in [3.05, 3.63) is 52.9 Å². The molecule has 1 aromatic carbocycles. The smallest absolute Gasteiger partial charge is 0.230 e. The number of aryl methyl sites for hydroxylation is 1. The monoisotopic (exact) mass is 433 g/mol. The van der Waals surface area contributed by atoms with Crippen LogP contribution in [0.25, 0.3) is 16.9 Å². The highest BCUT2D eigenvalue weighted by atomic mass is 32.2. The van der Waals surface area contributed by atoms with Crippen LogP contribution in [0.2, 0.25) is 0 Å². The number of amides is 1. The van der Waals surface area contributed by atoms with Gasteiger partial charge >= 0.3 is 0 Å².